The van der Waals surface area contributed by atoms with Crippen molar-refractivity contribution in [2.24, 2.45) is 5.92 Å². The van der Waals surface area contributed by atoms with E-state index < -0.39 is 10.0 Å². The lowest BCUT2D eigenvalue weighted by Gasteiger charge is -2.31. The molecule has 1 N–H and O–H groups in total. The minimum Gasteiger partial charge on any atom is -0.352 e. The first-order valence-corrected chi connectivity index (χ1v) is 11.9. The van der Waals surface area contributed by atoms with E-state index in [1.165, 1.54) is 4.31 Å². The van der Waals surface area contributed by atoms with Gasteiger partial charge in [0.15, 0.2) is 0 Å². The molecule has 6 heteroatoms. The van der Waals surface area contributed by atoms with Gasteiger partial charge in [0.25, 0.3) is 0 Å². The summed E-state index contributed by atoms with van der Waals surface area (Å²) in [6, 6.07) is 17.9. The standard InChI is InChI=1S/C23H30N2O3S/c1-19-8-5-11-21(16-19)17-24-23(26)22-13-6-14-25(18-22)29(27,28)15-7-12-20-9-3-2-4-10-20/h2-5,8-11,16,22H,6-7,12-15,17-18H2,1H3,(H,24,26). The van der Waals surface area contributed by atoms with E-state index in [1.807, 2.05) is 61.5 Å². The van der Waals surface area contributed by atoms with E-state index in [-0.39, 0.29) is 24.1 Å². The van der Waals surface area contributed by atoms with Crippen molar-refractivity contribution in [3.63, 3.8) is 0 Å². The number of amides is 1. The number of carbonyl (C=O) groups is 1. The van der Waals surface area contributed by atoms with Gasteiger partial charge in [0.2, 0.25) is 15.9 Å². The zero-order chi connectivity index (χ0) is 20.7. The van der Waals surface area contributed by atoms with Crippen LogP contribution in [0.1, 0.15) is 36.0 Å². The molecule has 0 spiro atoms. The molecule has 29 heavy (non-hydrogen) atoms. The van der Waals surface area contributed by atoms with Crippen LogP contribution in [0.2, 0.25) is 0 Å². The Labute approximate surface area is 174 Å². The Balaban J connectivity index is 1.49. The number of sulfonamides is 1. The number of benzene rings is 2. The summed E-state index contributed by atoms with van der Waals surface area (Å²) in [5.74, 6) is -0.215. The number of carbonyl (C=O) groups excluding carboxylic acids is 1. The topological polar surface area (TPSA) is 66.5 Å². The molecule has 1 unspecified atom stereocenters. The lowest BCUT2D eigenvalue weighted by Crippen LogP contribution is -2.46. The molecule has 156 valence electrons. The molecule has 5 nitrogen and oxygen atoms in total. The van der Waals surface area contributed by atoms with E-state index >= 15 is 0 Å². The van der Waals surface area contributed by atoms with Crippen molar-refractivity contribution in [3.05, 3.63) is 71.3 Å². The predicted molar refractivity (Wildman–Crippen MR) is 116 cm³/mol. The average molecular weight is 415 g/mol. The highest BCUT2D eigenvalue weighted by Crippen LogP contribution is 2.20. The highest BCUT2D eigenvalue weighted by Gasteiger charge is 2.31. The minimum absolute atomic E-state index is 0.0595. The number of hydrogen-bond acceptors (Lipinski definition) is 3. The van der Waals surface area contributed by atoms with E-state index in [0.717, 1.165) is 36.0 Å². The van der Waals surface area contributed by atoms with Crippen LogP contribution >= 0.6 is 0 Å². The second-order valence-electron chi connectivity index (χ2n) is 7.81. The molecule has 0 radical (unpaired) electrons. The van der Waals surface area contributed by atoms with Gasteiger partial charge in [-0.1, -0.05) is 60.2 Å². The highest BCUT2D eigenvalue weighted by atomic mass is 32.2. The Hall–Kier alpha value is -2.18. The van der Waals surface area contributed by atoms with Gasteiger partial charge in [-0.15, -0.1) is 0 Å². The summed E-state index contributed by atoms with van der Waals surface area (Å²) >= 11 is 0. The first-order valence-electron chi connectivity index (χ1n) is 10.3. The van der Waals surface area contributed by atoms with Crippen LogP contribution in [0.4, 0.5) is 0 Å². The summed E-state index contributed by atoms with van der Waals surface area (Å²) in [4.78, 5) is 12.6. The van der Waals surface area contributed by atoms with Crippen LogP contribution in [0.5, 0.6) is 0 Å². The van der Waals surface area contributed by atoms with Gasteiger partial charge < -0.3 is 5.32 Å². The Morgan fingerprint density at radius 1 is 1.10 bits per heavy atom. The van der Waals surface area contributed by atoms with Crippen molar-refractivity contribution in [3.8, 4) is 0 Å². The predicted octanol–water partition coefficient (Wildman–Crippen LogP) is 3.29. The van der Waals surface area contributed by atoms with Crippen LogP contribution in [0, 0.1) is 12.8 Å². The molecule has 0 bridgehead atoms. The molecule has 1 atom stereocenters. The first-order chi connectivity index (χ1) is 13.9. The van der Waals surface area contributed by atoms with Gasteiger partial charge in [0.05, 0.1) is 11.7 Å². The minimum atomic E-state index is -3.34. The molecular formula is C23H30N2O3S. The third kappa shape index (κ3) is 6.41. The SMILES string of the molecule is Cc1cccc(CNC(=O)C2CCCN(S(=O)(=O)CCCc3ccccc3)C2)c1. The molecule has 1 saturated heterocycles. The van der Waals surface area contributed by atoms with Gasteiger partial charge in [0.1, 0.15) is 0 Å². The number of hydrogen-bond donors (Lipinski definition) is 1. The van der Waals surface area contributed by atoms with E-state index in [4.69, 9.17) is 0 Å². The fourth-order valence-electron chi connectivity index (χ4n) is 3.80. The van der Waals surface area contributed by atoms with Crippen LogP contribution in [0.15, 0.2) is 54.6 Å². The van der Waals surface area contributed by atoms with Crippen molar-refractivity contribution in [1.82, 2.24) is 9.62 Å². The van der Waals surface area contributed by atoms with Crippen LogP contribution in [0.3, 0.4) is 0 Å². The molecule has 0 saturated carbocycles. The number of piperidine rings is 1. The maximum Gasteiger partial charge on any atom is 0.224 e. The van der Waals surface area contributed by atoms with Gasteiger partial charge in [-0.3, -0.25) is 4.79 Å². The molecule has 2 aromatic rings. The van der Waals surface area contributed by atoms with E-state index in [0.29, 0.717) is 19.5 Å². The Morgan fingerprint density at radius 2 is 1.86 bits per heavy atom. The molecule has 3 rings (SSSR count). The van der Waals surface area contributed by atoms with E-state index in [1.54, 1.807) is 0 Å². The van der Waals surface area contributed by atoms with Gasteiger partial charge in [-0.05, 0) is 43.7 Å². The third-order valence-corrected chi connectivity index (χ3v) is 7.33. The number of rotatable bonds is 8. The fraction of sp³-hybridized carbons (Fsp3) is 0.435. The smallest absolute Gasteiger partial charge is 0.224 e. The number of nitrogens with zero attached hydrogens (tertiary/aromatic N) is 1. The van der Waals surface area contributed by atoms with E-state index in [2.05, 4.69) is 5.32 Å². The summed E-state index contributed by atoms with van der Waals surface area (Å²) in [7, 11) is -3.34. The van der Waals surface area contributed by atoms with Crippen LogP contribution < -0.4 is 5.32 Å². The lowest BCUT2D eigenvalue weighted by atomic mass is 9.98. The van der Waals surface area contributed by atoms with Crippen molar-refractivity contribution >= 4 is 15.9 Å². The lowest BCUT2D eigenvalue weighted by molar-refractivity contribution is -0.126. The van der Waals surface area contributed by atoms with Crippen LogP contribution in [-0.4, -0.2) is 37.5 Å². The normalized spacial score (nSPS) is 17.8. The zero-order valence-electron chi connectivity index (χ0n) is 17.0. The van der Waals surface area contributed by atoms with Crippen molar-refractivity contribution in [2.75, 3.05) is 18.8 Å². The zero-order valence-corrected chi connectivity index (χ0v) is 17.8. The Kier molecular flexibility index (Phi) is 7.45. The summed E-state index contributed by atoms with van der Waals surface area (Å²) in [5.41, 5.74) is 3.36. The molecule has 0 aliphatic carbocycles. The van der Waals surface area contributed by atoms with Crippen LogP contribution in [-0.2, 0) is 27.8 Å². The average Bonchev–Trinajstić information content (AvgIpc) is 2.73. The molecule has 0 aromatic heterocycles. The van der Waals surface area contributed by atoms with Crippen LogP contribution in [0.25, 0.3) is 0 Å². The van der Waals surface area contributed by atoms with Gasteiger partial charge in [0, 0.05) is 19.6 Å². The summed E-state index contributed by atoms with van der Waals surface area (Å²) in [6.07, 6.45) is 2.79. The van der Waals surface area contributed by atoms with Crippen molar-refractivity contribution in [1.29, 1.82) is 0 Å². The first kappa shape index (κ1) is 21.5. The Bertz CT molecular complexity index is 913. The monoisotopic (exact) mass is 414 g/mol. The number of aryl methyl sites for hydroxylation is 2. The molecule has 1 aliphatic rings. The molecule has 1 amide bonds. The molecule has 1 heterocycles. The quantitative estimate of drug-likeness (QED) is 0.721. The summed E-state index contributed by atoms with van der Waals surface area (Å²) in [5, 5.41) is 2.97. The molecule has 1 fully saturated rings. The largest absolute Gasteiger partial charge is 0.352 e. The van der Waals surface area contributed by atoms with E-state index in [9.17, 15) is 13.2 Å². The maximum atomic E-state index is 12.8. The number of nitrogens with one attached hydrogen (secondary N) is 1. The van der Waals surface area contributed by atoms with Crippen molar-refractivity contribution in [2.45, 2.75) is 39.2 Å². The highest BCUT2D eigenvalue weighted by molar-refractivity contribution is 7.89. The summed E-state index contributed by atoms with van der Waals surface area (Å²) in [6.45, 7) is 3.29. The second kappa shape index (κ2) is 10.0. The molecule has 2 aromatic carbocycles. The Morgan fingerprint density at radius 3 is 2.62 bits per heavy atom. The molecule has 1 aliphatic heterocycles. The van der Waals surface area contributed by atoms with Gasteiger partial charge in [-0.2, -0.15) is 0 Å². The molecular weight excluding hydrogens is 384 g/mol. The summed E-state index contributed by atoms with van der Waals surface area (Å²) < 4.78 is 27.0. The second-order valence-corrected chi connectivity index (χ2v) is 9.90. The maximum absolute atomic E-state index is 12.8. The fourth-order valence-corrected chi connectivity index (χ4v) is 5.38. The van der Waals surface area contributed by atoms with Gasteiger partial charge in [-0.25, -0.2) is 12.7 Å². The third-order valence-electron chi connectivity index (χ3n) is 5.41. The van der Waals surface area contributed by atoms with Crippen molar-refractivity contribution < 1.29 is 13.2 Å². The van der Waals surface area contributed by atoms with Gasteiger partial charge >= 0.3 is 0 Å².